The molecule has 1 aromatic carbocycles. The van der Waals surface area contributed by atoms with Crippen LogP contribution in [-0.2, 0) is 32.1 Å². The average Bonchev–Trinajstić information content (AvgIpc) is 3.92. The molecular weight excluding hydrogens is 526 g/mol. The Bertz CT molecular complexity index is 1410. The van der Waals surface area contributed by atoms with Crippen LogP contribution in [-0.4, -0.2) is 57.4 Å². The number of benzene rings is 1. The molecule has 1 aliphatic heterocycles. The summed E-state index contributed by atoms with van der Waals surface area (Å²) in [5.74, 6) is 0.131. The van der Waals surface area contributed by atoms with Crippen molar-refractivity contribution < 1.29 is 29.0 Å². The number of methoxy groups -OCH3 is 1. The molecule has 0 radical (unpaired) electrons. The summed E-state index contributed by atoms with van der Waals surface area (Å²) in [6.07, 6.45) is 4.90. The molecule has 2 saturated carbocycles. The predicted octanol–water partition coefficient (Wildman–Crippen LogP) is 2.72. The first-order chi connectivity index (χ1) is 19.9. The number of amides is 2. The topological polar surface area (TPSA) is 144 Å². The molecule has 3 N–H and O–H groups in total. The molecule has 1 saturated heterocycles. The van der Waals surface area contributed by atoms with Gasteiger partial charge in [0.2, 0.25) is 5.91 Å². The van der Waals surface area contributed by atoms with Gasteiger partial charge < -0.3 is 25.2 Å². The van der Waals surface area contributed by atoms with Crippen molar-refractivity contribution in [3.05, 3.63) is 65.6 Å². The molecular formula is C30H35N5O6. The SMILES string of the molecule is COC(=O)C1(Cc2ccc3nc(C(NC(=O)OCc4ccccc4)C(C4CC4)C4CC4)cn3n2)CC(O)CNC1=O. The molecule has 2 amide bonds. The van der Waals surface area contributed by atoms with Crippen LogP contribution < -0.4 is 10.6 Å². The molecule has 11 nitrogen and oxygen atoms in total. The number of rotatable bonds is 10. The number of aliphatic hydroxyl groups is 1. The van der Waals surface area contributed by atoms with Crippen LogP contribution in [0.1, 0.15) is 55.1 Å². The number of aliphatic hydroxyl groups excluding tert-OH is 1. The zero-order chi connectivity index (χ0) is 28.6. The van der Waals surface area contributed by atoms with Crippen LogP contribution in [0, 0.1) is 23.2 Å². The molecule has 2 aromatic heterocycles. The molecule has 3 fully saturated rings. The highest BCUT2D eigenvalue weighted by Crippen LogP contribution is 2.54. The summed E-state index contributed by atoms with van der Waals surface area (Å²) in [6, 6.07) is 12.7. The maximum Gasteiger partial charge on any atom is 0.408 e. The Labute approximate surface area is 237 Å². The average molecular weight is 562 g/mol. The number of hydrogen-bond acceptors (Lipinski definition) is 8. The van der Waals surface area contributed by atoms with Crippen molar-refractivity contribution in [2.75, 3.05) is 13.7 Å². The highest BCUT2D eigenvalue weighted by atomic mass is 16.5. The second-order valence-electron chi connectivity index (χ2n) is 11.5. The van der Waals surface area contributed by atoms with Gasteiger partial charge >= 0.3 is 12.1 Å². The number of ether oxygens (including phenoxy) is 2. The zero-order valence-corrected chi connectivity index (χ0v) is 23.0. The van der Waals surface area contributed by atoms with Gasteiger partial charge in [-0.3, -0.25) is 9.59 Å². The maximum atomic E-state index is 13.0. The lowest BCUT2D eigenvalue weighted by Gasteiger charge is -2.35. The number of hydrogen-bond donors (Lipinski definition) is 3. The fraction of sp³-hybridized carbons (Fsp3) is 0.500. The van der Waals surface area contributed by atoms with Crippen LogP contribution in [0.2, 0.25) is 0 Å². The normalized spacial score (nSPS) is 23.2. The second kappa shape index (κ2) is 11.1. The lowest BCUT2D eigenvalue weighted by molar-refractivity contribution is -0.164. The van der Waals surface area contributed by atoms with Gasteiger partial charge in [-0.15, -0.1) is 0 Å². The van der Waals surface area contributed by atoms with Gasteiger partial charge in [-0.05, 0) is 61.1 Å². The van der Waals surface area contributed by atoms with Crippen molar-refractivity contribution >= 4 is 23.6 Å². The summed E-state index contributed by atoms with van der Waals surface area (Å²) >= 11 is 0. The van der Waals surface area contributed by atoms with Crippen LogP contribution in [0.25, 0.3) is 5.65 Å². The summed E-state index contributed by atoms with van der Waals surface area (Å²) in [7, 11) is 1.23. The lowest BCUT2D eigenvalue weighted by Crippen LogP contribution is -2.57. The number of piperidine rings is 1. The molecule has 3 atom stereocenters. The van der Waals surface area contributed by atoms with Gasteiger partial charge in [0.15, 0.2) is 11.1 Å². The van der Waals surface area contributed by atoms with E-state index in [4.69, 9.17) is 14.5 Å². The maximum absolute atomic E-state index is 13.0. The Kier molecular flexibility index (Phi) is 7.37. The number of fused-ring (bicyclic) bond motifs is 1. The third-order valence-electron chi connectivity index (χ3n) is 8.49. The molecule has 0 bridgehead atoms. The number of nitrogens with one attached hydrogen (secondary N) is 2. The first-order valence-corrected chi connectivity index (χ1v) is 14.2. The van der Waals surface area contributed by atoms with E-state index >= 15 is 0 Å². The van der Waals surface area contributed by atoms with Gasteiger partial charge in [-0.2, -0.15) is 5.10 Å². The summed E-state index contributed by atoms with van der Waals surface area (Å²) in [5, 5.41) is 20.6. The van der Waals surface area contributed by atoms with Gasteiger partial charge in [-0.25, -0.2) is 14.3 Å². The van der Waals surface area contributed by atoms with E-state index in [1.807, 2.05) is 30.3 Å². The fourth-order valence-corrected chi connectivity index (χ4v) is 6.19. The van der Waals surface area contributed by atoms with E-state index in [2.05, 4.69) is 15.7 Å². The van der Waals surface area contributed by atoms with Gasteiger partial charge in [0.1, 0.15) is 6.61 Å². The number of aromatic nitrogens is 3. The smallest absolute Gasteiger partial charge is 0.408 e. The van der Waals surface area contributed by atoms with Crippen LogP contribution in [0.5, 0.6) is 0 Å². The number of esters is 1. The first-order valence-electron chi connectivity index (χ1n) is 14.2. The van der Waals surface area contributed by atoms with E-state index in [0.29, 0.717) is 28.9 Å². The van der Waals surface area contributed by atoms with Crippen LogP contribution in [0.15, 0.2) is 48.7 Å². The number of nitrogens with zero attached hydrogens (tertiary/aromatic N) is 3. The number of alkyl carbamates (subject to hydrolysis) is 1. The van der Waals surface area contributed by atoms with Crippen molar-refractivity contribution in [2.45, 2.75) is 57.3 Å². The fourth-order valence-electron chi connectivity index (χ4n) is 6.19. The summed E-state index contributed by atoms with van der Waals surface area (Å²) < 4.78 is 12.2. The zero-order valence-electron chi connectivity index (χ0n) is 23.0. The molecule has 11 heteroatoms. The second-order valence-corrected chi connectivity index (χ2v) is 11.5. The Hall–Kier alpha value is -3.99. The molecule has 3 heterocycles. The third kappa shape index (κ3) is 5.76. The standard InChI is InChI=1S/C30H35N5O6/c1-40-28(38)30(14-22(36)15-31-27(30)37)13-21-11-12-24-32-23(16-35(24)34-21)26(25(19-7-8-19)20-9-10-20)33-29(39)41-17-18-5-3-2-4-6-18/h2-6,11-12,16,19-20,22,25-26,36H,7-10,13-15,17H2,1H3,(H,31,37)(H,33,39). The molecule has 3 unspecified atom stereocenters. The molecule has 6 rings (SSSR count). The molecule has 3 aromatic rings. The minimum Gasteiger partial charge on any atom is -0.468 e. The Morgan fingerprint density at radius 1 is 1.15 bits per heavy atom. The van der Waals surface area contributed by atoms with E-state index in [9.17, 15) is 19.5 Å². The van der Waals surface area contributed by atoms with Crippen molar-refractivity contribution in [1.29, 1.82) is 0 Å². The third-order valence-corrected chi connectivity index (χ3v) is 8.49. The van der Waals surface area contributed by atoms with Crippen molar-refractivity contribution in [2.24, 2.45) is 23.2 Å². The largest absolute Gasteiger partial charge is 0.468 e. The molecule has 0 spiro atoms. The van der Waals surface area contributed by atoms with Crippen LogP contribution in [0.4, 0.5) is 4.79 Å². The Balaban J connectivity index is 1.26. The van der Waals surface area contributed by atoms with E-state index in [1.165, 1.54) is 7.11 Å². The number of imidazole rings is 1. The van der Waals surface area contributed by atoms with Gasteiger partial charge in [-0.1, -0.05) is 30.3 Å². The predicted molar refractivity (Wildman–Crippen MR) is 146 cm³/mol. The highest BCUT2D eigenvalue weighted by Gasteiger charge is 2.51. The first kappa shape index (κ1) is 27.2. The summed E-state index contributed by atoms with van der Waals surface area (Å²) in [5.41, 5.74) is 1.09. The number of β-amino-alcohol motifs (C(OH)–C–C–N with tert-alkyl or cyclic N) is 1. The summed E-state index contributed by atoms with van der Waals surface area (Å²) in [4.78, 5) is 43.4. The quantitative estimate of drug-likeness (QED) is 0.253. The molecule has 3 aliphatic rings. The van der Waals surface area contributed by atoms with Crippen molar-refractivity contribution in [3.8, 4) is 0 Å². The van der Waals surface area contributed by atoms with Gasteiger partial charge in [0.05, 0.1) is 36.8 Å². The van der Waals surface area contributed by atoms with Crippen LogP contribution >= 0.6 is 0 Å². The number of carbonyl (C=O) groups is 3. The van der Waals surface area contributed by atoms with Gasteiger partial charge in [0, 0.05) is 19.4 Å². The summed E-state index contributed by atoms with van der Waals surface area (Å²) in [6.45, 7) is 0.261. The minimum absolute atomic E-state index is 0.0354. The molecule has 216 valence electrons. The van der Waals surface area contributed by atoms with Crippen LogP contribution in [0.3, 0.4) is 0 Å². The lowest BCUT2D eigenvalue weighted by atomic mass is 9.75. The minimum atomic E-state index is -1.58. The Morgan fingerprint density at radius 3 is 2.56 bits per heavy atom. The number of carbonyl (C=O) groups excluding carboxylic acids is 3. The van der Waals surface area contributed by atoms with Crippen molar-refractivity contribution in [3.63, 3.8) is 0 Å². The van der Waals surface area contributed by atoms with E-state index < -0.39 is 29.5 Å². The monoisotopic (exact) mass is 561 g/mol. The van der Waals surface area contributed by atoms with Gasteiger partial charge in [0.25, 0.3) is 0 Å². The van der Waals surface area contributed by atoms with E-state index in [0.717, 1.165) is 31.2 Å². The van der Waals surface area contributed by atoms with Crippen molar-refractivity contribution in [1.82, 2.24) is 25.2 Å². The molecule has 41 heavy (non-hydrogen) atoms. The highest BCUT2D eigenvalue weighted by molar-refractivity contribution is 6.03. The van der Waals surface area contributed by atoms with E-state index in [-0.39, 0.29) is 38.0 Å². The van der Waals surface area contributed by atoms with E-state index in [1.54, 1.807) is 22.8 Å². The Morgan fingerprint density at radius 2 is 1.88 bits per heavy atom. The molecule has 2 aliphatic carbocycles.